The molecule has 1 saturated heterocycles. The summed E-state index contributed by atoms with van der Waals surface area (Å²) >= 11 is 0. The maximum atomic E-state index is 12.1. The van der Waals surface area contributed by atoms with Gasteiger partial charge in [0.15, 0.2) is 0 Å². The van der Waals surface area contributed by atoms with E-state index in [9.17, 15) is 18.0 Å². The average Bonchev–Trinajstić information content (AvgIpc) is 2.82. The molecule has 1 aliphatic heterocycles. The second kappa shape index (κ2) is 5.59. The van der Waals surface area contributed by atoms with Crippen molar-refractivity contribution in [3.8, 4) is 0 Å². The van der Waals surface area contributed by atoms with Gasteiger partial charge in [-0.15, -0.1) is 0 Å². The van der Waals surface area contributed by atoms with Gasteiger partial charge in [-0.2, -0.15) is 0 Å². The van der Waals surface area contributed by atoms with E-state index in [-0.39, 0.29) is 29.3 Å². The van der Waals surface area contributed by atoms with Gasteiger partial charge in [-0.25, -0.2) is 17.9 Å². The van der Waals surface area contributed by atoms with Gasteiger partial charge in [0.1, 0.15) is 0 Å². The third kappa shape index (κ3) is 3.14. The number of hydrogen-bond acceptors (Lipinski definition) is 5. The van der Waals surface area contributed by atoms with Crippen molar-refractivity contribution >= 4 is 21.9 Å². The number of ether oxygens (including phenoxy) is 1. The van der Waals surface area contributed by atoms with Crippen molar-refractivity contribution in [2.24, 2.45) is 0 Å². The second-order valence-corrected chi connectivity index (χ2v) is 6.06. The fourth-order valence-electron chi connectivity index (χ4n) is 1.86. The molecule has 0 aliphatic carbocycles. The van der Waals surface area contributed by atoms with Crippen LogP contribution >= 0.6 is 0 Å². The lowest BCUT2D eigenvalue weighted by Gasteiger charge is -2.11. The molecular weight excluding hydrogens is 284 g/mol. The zero-order chi connectivity index (χ0) is 14.8. The first kappa shape index (κ1) is 14.5. The molecule has 2 N–H and O–H groups in total. The summed E-state index contributed by atoms with van der Waals surface area (Å²) < 4.78 is 31.1. The lowest BCUT2D eigenvalue weighted by Crippen LogP contribution is -2.36. The molecule has 1 aromatic rings. The van der Waals surface area contributed by atoms with Crippen molar-refractivity contribution < 1.29 is 22.7 Å². The molecule has 1 amide bonds. The van der Waals surface area contributed by atoms with E-state index in [1.807, 2.05) is 0 Å². The number of amides is 1. The molecule has 1 fully saturated rings. The van der Waals surface area contributed by atoms with Crippen LogP contribution in [0.25, 0.3) is 0 Å². The lowest BCUT2D eigenvalue weighted by atomic mass is 10.2. The van der Waals surface area contributed by atoms with Gasteiger partial charge in [-0.05, 0) is 24.3 Å². The first-order chi connectivity index (χ1) is 9.42. The first-order valence-electron chi connectivity index (χ1n) is 5.90. The number of methoxy groups -OCH3 is 1. The summed E-state index contributed by atoms with van der Waals surface area (Å²) in [6.07, 6.45) is 0.124. The van der Waals surface area contributed by atoms with Gasteiger partial charge >= 0.3 is 5.97 Å². The highest BCUT2D eigenvalue weighted by Gasteiger charge is 2.26. The number of rotatable bonds is 4. The summed E-state index contributed by atoms with van der Waals surface area (Å²) in [6, 6.07) is 4.93. The van der Waals surface area contributed by atoms with Gasteiger partial charge in [0.05, 0.1) is 17.6 Å². The highest BCUT2D eigenvalue weighted by molar-refractivity contribution is 7.89. The number of hydrogen-bond donors (Lipinski definition) is 2. The Kier molecular flexibility index (Phi) is 4.05. The van der Waals surface area contributed by atoms with Crippen LogP contribution in [0.4, 0.5) is 0 Å². The van der Waals surface area contributed by atoms with Crippen LogP contribution in [0.3, 0.4) is 0 Å². The van der Waals surface area contributed by atoms with E-state index in [0.717, 1.165) is 0 Å². The van der Waals surface area contributed by atoms with Gasteiger partial charge in [-0.1, -0.05) is 0 Å². The van der Waals surface area contributed by atoms with Crippen LogP contribution < -0.4 is 10.0 Å². The normalized spacial score (nSPS) is 18.6. The summed E-state index contributed by atoms with van der Waals surface area (Å²) in [5, 5.41) is 2.55. The van der Waals surface area contributed by atoms with Gasteiger partial charge < -0.3 is 10.1 Å². The topological polar surface area (TPSA) is 102 Å². The van der Waals surface area contributed by atoms with Crippen molar-refractivity contribution in [3.05, 3.63) is 29.8 Å². The van der Waals surface area contributed by atoms with Gasteiger partial charge in [0.25, 0.3) is 0 Å². The molecule has 0 aromatic heterocycles. The van der Waals surface area contributed by atoms with Crippen LogP contribution in [-0.4, -0.2) is 40.0 Å². The van der Waals surface area contributed by atoms with E-state index in [0.29, 0.717) is 0 Å². The molecule has 1 aliphatic rings. The van der Waals surface area contributed by atoms with Crippen molar-refractivity contribution in [3.63, 3.8) is 0 Å². The number of esters is 1. The molecule has 1 aromatic carbocycles. The van der Waals surface area contributed by atoms with E-state index in [1.165, 1.54) is 31.4 Å². The zero-order valence-electron chi connectivity index (χ0n) is 10.8. The van der Waals surface area contributed by atoms with Crippen LogP contribution in [0.15, 0.2) is 29.2 Å². The Morgan fingerprint density at radius 1 is 1.35 bits per heavy atom. The molecule has 0 unspecified atom stereocenters. The molecule has 108 valence electrons. The molecule has 0 radical (unpaired) electrons. The van der Waals surface area contributed by atoms with E-state index >= 15 is 0 Å². The monoisotopic (exact) mass is 298 g/mol. The average molecular weight is 298 g/mol. The Bertz CT molecular complexity index is 624. The van der Waals surface area contributed by atoms with Crippen molar-refractivity contribution in [1.82, 2.24) is 10.0 Å². The van der Waals surface area contributed by atoms with Crippen LogP contribution in [0, 0.1) is 0 Å². The van der Waals surface area contributed by atoms with E-state index in [1.54, 1.807) is 0 Å². The Labute approximate surface area is 116 Å². The molecule has 1 atom stereocenters. The minimum atomic E-state index is -3.71. The predicted octanol–water partition coefficient (Wildman–Crippen LogP) is -0.360. The molecule has 0 bridgehead atoms. The molecule has 20 heavy (non-hydrogen) atoms. The number of carbonyl (C=O) groups is 2. The van der Waals surface area contributed by atoms with Crippen LogP contribution in [0.5, 0.6) is 0 Å². The van der Waals surface area contributed by atoms with Crippen LogP contribution in [-0.2, 0) is 19.6 Å². The van der Waals surface area contributed by atoms with Crippen molar-refractivity contribution in [2.75, 3.05) is 13.7 Å². The quantitative estimate of drug-likeness (QED) is 0.739. The smallest absolute Gasteiger partial charge is 0.337 e. The van der Waals surface area contributed by atoms with E-state index in [4.69, 9.17) is 0 Å². The summed E-state index contributed by atoms with van der Waals surface area (Å²) in [6.45, 7) is 0.276. The van der Waals surface area contributed by atoms with Gasteiger partial charge in [-0.3, -0.25) is 4.79 Å². The largest absolute Gasteiger partial charge is 0.465 e. The summed E-state index contributed by atoms with van der Waals surface area (Å²) in [4.78, 5) is 22.3. The summed E-state index contributed by atoms with van der Waals surface area (Å²) in [5.41, 5.74) is 0.268. The van der Waals surface area contributed by atoms with Crippen LogP contribution in [0.2, 0.25) is 0 Å². The van der Waals surface area contributed by atoms with Crippen molar-refractivity contribution in [1.29, 1.82) is 0 Å². The van der Waals surface area contributed by atoms with Crippen molar-refractivity contribution in [2.45, 2.75) is 17.4 Å². The maximum absolute atomic E-state index is 12.1. The highest BCUT2D eigenvalue weighted by Crippen LogP contribution is 2.13. The highest BCUT2D eigenvalue weighted by atomic mass is 32.2. The minimum Gasteiger partial charge on any atom is -0.465 e. The Morgan fingerprint density at radius 2 is 2.00 bits per heavy atom. The molecule has 7 nitrogen and oxygen atoms in total. The standard InChI is InChI=1S/C12H14N2O5S/c1-19-12(16)8-2-4-10(5-3-8)20(17,18)14-9-6-11(15)13-7-9/h2-5,9,14H,6-7H2,1H3,(H,13,15)/t9-/m0/s1. The van der Waals surface area contributed by atoms with Crippen LogP contribution in [0.1, 0.15) is 16.8 Å². The molecule has 8 heteroatoms. The molecule has 1 heterocycles. The number of sulfonamides is 1. The molecular formula is C12H14N2O5S. The van der Waals surface area contributed by atoms with E-state index < -0.39 is 22.0 Å². The molecule has 0 saturated carbocycles. The minimum absolute atomic E-state index is 0.0319. The second-order valence-electron chi connectivity index (χ2n) is 4.34. The first-order valence-corrected chi connectivity index (χ1v) is 7.38. The maximum Gasteiger partial charge on any atom is 0.337 e. The Hall–Kier alpha value is -1.93. The Morgan fingerprint density at radius 3 is 2.50 bits per heavy atom. The molecule has 0 spiro atoms. The number of nitrogens with one attached hydrogen (secondary N) is 2. The van der Waals surface area contributed by atoms with Gasteiger partial charge in [0, 0.05) is 19.0 Å². The summed E-state index contributed by atoms with van der Waals surface area (Å²) in [7, 11) is -2.46. The third-order valence-electron chi connectivity index (χ3n) is 2.88. The summed E-state index contributed by atoms with van der Waals surface area (Å²) in [5.74, 6) is -0.716. The third-order valence-corrected chi connectivity index (χ3v) is 4.42. The van der Waals surface area contributed by atoms with Gasteiger partial charge in [0.2, 0.25) is 15.9 Å². The fourth-order valence-corrected chi connectivity index (χ4v) is 3.10. The predicted molar refractivity (Wildman–Crippen MR) is 69.5 cm³/mol. The lowest BCUT2D eigenvalue weighted by molar-refractivity contribution is -0.119. The zero-order valence-corrected chi connectivity index (χ0v) is 11.6. The fraction of sp³-hybridized carbons (Fsp3) is 0.333. The SMILES string of the molecule is COC(=O)c1ccc(S(=O)(=O)N[C@@H]2CNC(=O)C2)cc1. The number of benzene rings is 1. The van der Waals surface area contributed by atoms with E-state index in [2.05, 4.69) is 14.8 Å². The number of carbonyl (C=O) groups excluding carboxylic acids is 2. The molecule has 2 rings (SSSR count). The Balaban J connectivity index is 2.13.